The molecule has 17 heavy (non-hydrogen) atoms. The molecule has 2 fully saturated rings. The van der Waals surface area contributed by atoms with Crippen molar-refractivity contribution in [2.75, 3.05) is 7.05 Å². The number of hydrogen-bond acceptors (Lipinski definition) is 2. The first-order valence-electron chi connectivity index (χ1n) is 6.71. The highest BCUT2D eigenvalue weighted by Crippen LogP contribution is 2.34. The fourth-order valence-corrected chi connectivity index (χ4v) is 3.19. The van der Waals surface area contributed by atoms with Crippen LogP contribution in [0.25, 0.3) is 0 Å². The minimum atomic E-state index is 0.539. The van der Waals surface area contributed by atoms with Crippen LogP contribution in [-0.2, 0) is 11.3 Å². The van der Waals surface area contributed by atoms with Gasteiger partial charge >= 0.3 is 0 Å². The zero-order chi connectivity index (χ0) is 11.7. The van der Waals surface area contributed by atoms with Gasteiger partial charge in [0.15, 0.2) is 0 Å². The summed E-state index contributed by atoms with van der Waals surface area (Å²) in [5, 5.41) is 0. The van der Waals surface area contributed by atoms with Crippen molar-refractivity contribution < 1.29 is 4.74 Å². The number of ether oxygens (including phenoxy) is 1. The largest absolute Gasteiger partial charge is 0.375 e. The molecule has 2 saturated heterocycles. The first-order valence-corrected chi connectivity index (χ1v) is 6.71. The topological polar surface area (TPSA) is 12.5 Å². The van der Waals surface area contributed by atoms with Gasteiger partial charge in [0.2, 0.25) is 0 Å². The van der Waals surface area contributed by atoms with E-state index in [0.717, 1.165) is 6.54 Å². The van der Waals surface area contributed by atoms with Crippen molar-refractivity contribution in [3.05, 3.63) is 35.9 Å². The molecule has 3 atom stereocenters. The van der Waals surface area contributed by atoms with E-state index in [-0.39, 0.29) is 0 Å². The van der Waals surface area contributed by atoms with Gasteiger partial charge in [-0.25, -0.2) is 0 Å². The fourth-order valence-electron chi connectivity index (χ4n) is 3.19. The van der Waals surface area contributed by atoms with E-state index in [4.69, 9.17) is 4.74 Å². The summed E-state index contributed by atoms with van der Waals surface area (Å²) in [4.78, 5) is 2.50. The Labute approximate surface area is 104 Å². The summed E-state index contributed by atoms with van der Waals surface area (Å²) in [5.41, 5.74) is 1.41. The standard InChI is InChI=1S/C15H21NO/c1-16(11-12-5-3-2-4-6-12)13-9-14-7-8-15(10-13)17-14/h2-6,13-15H,7-11H2,1H3/t13-,14-,15+. The van der Waals surface area contributed by atoms with E-state index in [1.54, 1.807) is 0 Å². The molecule has 92 valence electrons. The lowest BCUT2D eigenvalue weighted by atomic mass is 10.0. The van der Waals surface area contributed by atoms with Gasteiger partial charge in [0.1, 0.15) is 0 Å². The van der Waals surface area contributed by atoms with Gasteiger partial charge in [-0.3, -0.25) is 4.90 Å². The molecule has 2 aliphatic rings. The van der Waals surface area contributed by atoms with E-state index in [9.17, 15) is 0 Å². The summed E-state index contributed by atoms with van der Waals surface area (Å²) in [6.45, 7) is 1.06. The molecule has 2 heterocycles. The molecule has 0 saturated carbocycles. The number of nitrogens with zero attached hydrogens (tertiary/aromatic N) is 1. The molecule has 0 N–H and O–H groups in total. The summed E-state index contributed by atoms with van der Waals surface area (Å²) >= 11 is 0. The monoisotopic (exact) mass is 231 g/mol. The lowest BCUT2D eigenvalue weighted by Gasteiger charge is -2.35. The Morgan fingerprint density at radius 3 is 2.41 bits per heavy atom. The molecular formula is C15H21NO. The van der Waals surface area contributed by atoms with Crippen molar-refractivity contribution in [1.29, 1.82) is 0 Å². The maximum Gasteiger partial charge on any atom is 0.0594 e. The minimum absolute atomic E-state index is 0.539. The molecule has 2 heteroatoms. The molecule has 0 spiro atoms. The summed E-state index contributed by atoms with van der Waals surface area (Å²) in [7, 11) is 2.25. The molecular weight excluding hydrogens is 210 g/mol. The van der Waals surface area contributed by atoms with E-state index in [1.165, 1.54) is 31.2 Å². The Kier molecular flexibility index (Phi) is 3.17. The molecule has 2 nitrogen and oxygen atoms in total. The lowest BCUT2D eigenvalue weighted by molar-refractivity contribution is -0.0328. The lowest BCUT2D eigenvalue weighted by Crippen LogP contribution is -2.39. The molecule has 0 unspecified atom stereocenters. The average molecular weight is 231 g/mol. The maximum atomic E-state index is 5.90. The minimum Gasteiger partial charge on any atom is -0.375 e. The van der Waals surface area contributed by atoms with Gasteiger partial charge in [0.25, 0.3) is 0 Å². The third-order valence-corrected chi connectivity index (χ3v) is 4.16. The van der Waals surface area contributed by atoms with E-state index in [0.29, 0.717) is 18.2 Å². The van der Waals surface area contributed by atoms with E-state index < -0.39 is 0 Å². The highest BCUT2D eigenvalue weighted by atomic mass is 16.5. The van der Waals surface area contributed by atoms with Crippen LogP contribution >= 0.6 is 0 Å². The summed E-state index contributed by atoms with van der Waals surface area (Å²) in [6, 6.07) is 11.5. The normalized spacial score (nSPS) is 32.0. The maximum absolute atomic E-state index is 5.90. The third kappa shape index (κ3) is 2.53. The second kappa shape index (κ2) is 4.79. The number of rotatable bonds is 3. The van der Waals surface area contributed by atoms with Crippen LogP contribution in [0.1, 0.15) is 31.2 Å². The Balaban J connectivity index is 1.61. The zero-order valence-corrected chi connectivity index (χ0v) is 10.5. The van der Waals surface area contributed by atoms with Crippen molar-refractivity contribution in [2.24, 2.45) is 0 Å². The molecule has 0 amide bonds. The van der Waals surface area contributed by atoms with Gasteiger partial charge < -0.3 is 4.74 Å². The molecule has 2 bridgehead atoms. The predicted molar refractivity (Wildman–Crippen MR) is 68.8 cm³/mol. The Morgan fingerprint density at radius 1 is 1.12 bits per heavy atom. The zero-order valence-electron chi connectivity index (χ0n) is 10.5. The second-order valence-corrected chi connectivity index (χ2v) is 5.48. The smallest absolute Gasteiger partial charge is 0.0594 e. The summed E-state index contributed by atoms with van der Waals surface area (Å²) in [5.74, 6) is 0. The van der Waals surface area contributed by atoms with Crippen LogP contribution < -0.4 is 0 Å². The van der Waals surface area contributed by atoms with Gasteiger partial charge in [0, 0.05) is 12.6 Å². The van der Waals surface area contributed by atoms with Gasteiger partial charge in [-0.1, -0.05) is 30.3 Å². The molecule has 1 aromatic rings. The third-order valence-electron chi connectivity index (χ3n) is 4.16. The van der Waals surface area contributed by atoms with Crippen molar-refractivity contribution in [3.8, 4) is 0 Å². The molecule has 3 rings (SSSR count). The van der Waals surface area contributed by atoms with Gasteiger partial charge in [-0.15, -0.1) is 0 Å². The molecule has 1 aromatic carbocycles. The fraction of sp³-hybridized carbons (Fsp3) is 0.600. The predicted octanol–water partition coefficient (Wildman–Crippen LogP) is 2.83. The van der Waals surface area contributed by atoms with Gasteiger partial charge in [-0.2, -0.15) is 0 Å². The quantitative estimate of drug-likeness (QED) is 0.793. The van der Waals surface area contributed by atoms with Crippen LogP contribution in [0.15, 0.2) is 30.3 Å². The summed E-state index contributed by atoms with van der Waals surface area (Å²) < 4.78 is 5.90. The number of fused-ring (bicyclic) bond motifs is 2. The van der Waals surface area contributed by atoms with Crippen LogP contribution in [-0.4, -0.2) is 30.2 Å². The van der Waals surface area contributed by atoms with E-state index >= 15 is 0 Å². The second-order valence-electron chi connectivity index (χ2n) is 5.48. The Hall–Kier alpha value is -0.860. The Bertz CT molecular complexity index is 352. The molecule has 0 aliphatic carbocycles. The molecule has 0 aromatic heterocycles. The summed E-state index contributed by atoms with van der Waals surface area (Å²) in [6.07, 6.45) is 6.08. The van der Waals surface area contributed by atoms with Gasteiger partial charge in [0.05, 0.1) is 12.2 Å². The van der Waals surface area contributed by atoms with Crippen LogP contribution in [0.4, 0.5) is 0 Å². The Morgan fingerprint density at radius 2 is 1.76 bits per heavy atom. The van der Waals surface area contributed by atoms with Gasteiger partial charge in [-0.05, 0) is 38.3 Å². The highest BCUT2D eigenvalue weighted by Gasteiger charge is 2.36. The van der Waals surface area contributed by atoms with Crippen molar-refractivity contribution in [1.82, 2.24) is 4.90 Å². The van der Waals surface area contributed by atoms with Crippen molar-refractivity contribution in [3.63, 3.8) is 0 Å². The van der Waals surface area contributed by atoms with E-state index in [1.807, 2.05) is 0 Å². The number of benzene rings is 1. The van der Waals surface area contributed by atoms with E-state index in [2.05, 4.69) is 42.3 Å². The number of hydrogen-bond donors (Lipinski definition) is 0. The molecule has 0 radical (unpaired) electrons. The van der Waals surface area contributed by atoms with Crippen LogP contribution in [0, 0.1) is 0 Å². The van der Waals surface area contributed by atoms with Crippen LogP contribution in [0.3, 0.4) is 0 Å². The van der Waals surface area contributed by atoms with Crippen LogP contribution in [0.2, 0.25) is 0 Å². The average Bonchev–Trinajstić information content (AvgIpc) is 2.69. The molecule has 2 aliphatic heterocycles. The van der Waals surface area contributed by atoms with Crippen LogP contribution in [0.5, 0.6) is 0 Å². The first-order chi connectivity index (χ1) is 8.31. The first kappa shape index (κ1) is 11.2. The van der Waals surface area contributed by atoms with Crippen molar-refractivity contribution >= 4 is 0 Å². The van der Waals surface area contributed by atoms with Crippen molar-refractivity contribution in [2.45, 2.75) is 50.5 Å². The highest BCUT2D eigenvalue weighted by molar-refractivity contribution is 5.14. The SMILES string of the molecule is CN(Cc1ccccc1)[C@@H]1C[C@H]2CC[C@@H](C1)O2.